The summed E-state index contributed by atoms with van der Waals surface area (Å²) in [4.78, 5) is 23.7. The Hall–Kier alpha value is -3.24. The molecule has 32 heavy (non-hydrogen) atoms. The van der Waals surface area contributed by atoms with Gasteiger partial charge in [0, 0.05) is 30.6 Å². The highest BCUT2D eigenvalue weighted by Crippen LogP contribution is 2.41. The van der Waals surface area contributed by atoms with E-state index in [0.29, 0.717) is 18.9 Å². The van der Waals surface area contributed by atoms with Crippen LogP contribution in [0.2, 0.25) is 0 Å². The number of carbonyl (C=O) groups is 1. The van der Waals surface area contributed by atoms with E-state index >= 15 is 0 Å². The number of aromatic nitrogens is 4. The van der Waals surface area contributed by atoms with E-state index in [-0.39, 0.29) is 11.8 Å². The van der Waals surface area contributed by atoms with Gasteiger partial charge >= 0.3 is 0 Å². The molecule has 0 aliphatic heterocycles. The fraction of sp³-hybridized carbons (Fsp3) is 0.364. The second-order valence-corrected chi connectivity index (χ2v) is 8.79. The number of nitrogens with one attached hydrogen (secondary N) is 2. The second kappa shape index (κ2) is 8.71. The Morgan fingerprint density at radius 1 is 1.34 bits per heavy atom. The Balaban J connectivity index is 1.45. The third-order valence-corrected chi connectivity index (χ3v) is 6.95. The molecule has 4 aromatic heterocycles. The first-order chi connectivity index (χ1) is 15.7. The summed E-state index contributed by atoms with van der Waals surface area (Å²) in [5, 5.41) is 11.7. The van der Waals surface area contributed by atoms with Crippen molar-refractivity contribution >= 4 is 44.5 Å². The van der Waals surface area contributed by atoms with Crippen LogP contribution in [0, 0.1) is 5.92 Å². The number of thiophene rings is 1. The lowest BCUT2D eigenvalue weighted by Gasteiger charge is -2.22. The number of amides is 1. The quantitative estimate of drug-likeness (QED) is 0.416. The van der Waals surface area contributed by atoms with Gasteiger partial charge in [-0.15, -0.1) is 11.3 Å². The molecule has 166 valence electrons. The van der Waals surface area contributed by atoms with Gasteiger partial charge in [0.1, 0.15) is 17.0 Å². The van der Waals surface area contributed by atoms with Crippen molar-refractivity contribution < 1.29 is 14.3 Å². The fourth-order valence-corrected chi connectivity index (χ4v) is 5.45. The predicted octanol–water partition coefficient (Wildman–Crippen LogP) is 2.96. The van der Waals surface area contributed by atoms with Gasteiger partial charge in [0.15, 0.2) is 5.75 Å². The highest BCUT2D eigenvalue weighted by atomic mass is 32.1. The third-order valence-electron chi connectivity index (χ3n) is 5.79. The van der Waals surface area contributed by atoms with Crippen molar-refractivity contribution in [2.45, 2.75) is 19.3 Å². The summed E-state index contributed by atoms with van der Waals surface area (Å²) in [5.74, 6) is 1.48. The monoisotopic (exact) mass is 452 g/mol. The van der Waals surface area contributed by atoms with Crippen LogP contribution in [0.25, 0.3) is 15.7 Å². The van der Waals surface area contributed by atoms with Crippen LogP contribution in [0.5, 0.6) is 5.75 Å². The van der Waals surface area contributed by atoms with E-state index in [4.69, 9.17) is 9.47 Å². The topological polar surface area (TPSA) is 103 Å². The van der Waals surface area contributed by atoms with E-state index in [1.165, 1.54) is 10.4 Å². The molecule has 0 fully saturated rings. The zero-order valence-corrected chi connectivity index (χ0v) is 18.7. The first-order valence-electron chi connectivity index (χ1n) is 10.5. The molecule has 9 nitrogen and oxygen atoms in total. The molecule has 1 atom stereocenters. The average molecular weight is 453 g/mol. The Morgan fingerprint density at radius 3 is 3.09 bits per heavy atom. The molecule has 0 radical (unpaired) electrons. The van der Waals surface area contributed by atoms with Crippen LogP contribution < -0.4 is 15.4 Å². The minimum atomic E-state index is -0.0267. The van der Waals surface area contributed by atoms with Gasteiger partial charge in [-0.25, -0.2) is 14.5 Å². The molecule has 4 heterocycles. The molecule has 5 rings (SSSR count). The molecule has 10 heteroatoms. The number of hydrogen-bond donors (Lipinski definition) is 2. The lowest BCUT2D eigenvalue weighted by Crippen LogP contribution is -2.35. The Labute approximate surface area is 188 Å². The number of nitrogens with zero attached hydrogens (tertiary/aromatic N) is 4. The molecule has 1 amide bonds. The SMILES string of the molecule is COCCNC(=O)C1CCc2c(sc3ncnc(Nc4cc5ccnn5cc4OC)c23)C1. The van der Waals surface area contributed by atoms with Gasteiger partial charge in [-0.05, 0) is 37.0 Å². The van der Waals surface area contributed by atoms with Crippen LogP contribution in [0.1, 0.15) is 16.9 Å². The van der Waals surface area contributed by atoms with Crippen LogP contribution in [-0.4, -0.2) is 52.9 Å². The number of methoxy groups -OCH3 is 2. The summed E-state index contributed by atoms with van der Waals surface area (Å²) in [7, 11) is 3.27. The van der Waals surface area contributed by atoms with E-state index in [1.807, 2.05) is 18.3 Å². The van der Waals surface area contributed by atoms with Crippen LogP contribution in [0.4, 0.5) is 11.5 Å². The predicted molar refractivity (Wildman–Crippen MR) is 123 cm³/mol. The molecule has 0 bridgehead atoms. The van der Waals surface area contributed by atoms with Gasteiger partial charge in [0.2, 0.25) is 5.91 Å². The molecule has 4 aromatic rings. The van der Waals surface area contributed by atoms with E-state index in [2.05, 4.69) is 25.7 Å². The lowest BCUT2D eigenvalue weighted by atomic mass is 9.87. The van der Waals surface area contributed by atoms with Gasteiger partial charge in [-0.3, -0.25) is 4.79 Å². The zero-order chi connectivity index (χ0) is 22.1. The van der Waals surface area contributed by atoms with E-state index in [0.717, 1.165) is 46.5 Å². The maximum absolute atomic E-state index is 12.5. The van der Waals surface area contributed by atoms with Crippen molar-refractivity contribution in [3.05, 3.63) is 41.3 Å². The smallest absolute Gasteiger partial charge is 0.223 e. The normalized spacial score (nSPS) is 15.6. The number of hydrogen-bond acceptors (Lipinski definition) is 8. The largest absolute Gasteiger partial charge is 0.493 e. The highest BCUT2D eigenvalue weighted by molar-refractivity contribution is 7.19. The molecule has 0 aromatic carbocycles. The Kier molecular flexibility index (Phi) is 5.62. The van der Waals surface area contributed by atoms with Gasteiger partial charge in [0.05, 0.1) is 36.5 Å². The van der Waals surface area contributed by atoms with Crippen molar-refractivity contribution in [2.75, 3.05) is 32.7 Å². The van der Waals surface area contributed by atoms with Crippen LogP contribution in [0.3, 0.4) is 0 Å². The summed E-state index contributed by atoms with van der Waals surface area (Å²) >= 11 is 1.65. The number of carbonyl (C=O) groups excluding carboxylic acids is 1. The molecular formula is C22H24N6O3S. The minimum absolute atomic E-state index is 0.0267. The average Bonchev–Trinajstić information content (AvgIpc) is 3.42. The number of anilines is 2. The Morgan fingerprint density at radius 2 is 2.25 bits per heavy atom. The third kappa shape index (κ3) is 3.76. The minimum Gasteiger partial charge on any atom is -0.493 e. The standard InChI is InChI=1S/C22H24N6O3S/c1-30-8-7-23-21(29)13-3-4-15-18(9-13)32-22-19(15)20(24-12-25-22)27-16-10-14-5-6-26-28(14)11-17(16)31-2/h5-6,10-13H,3-4,7-9H2,1-2H3,(H,23,29)(H,24,25,27). The molecule has 0 spiro atoms. The highest BCUT2D eigenvalue weighted by Gasteiger charge is 2.29. The summed E-state index contributed by atoms with van der Waals surface area (Å²) < 4.78 is 12.4. The van der Waals surface area contributed by atoms with Crippen molar-refractivity contribution in [1.29, 1.82) is 0 Å². The van der Waals surface area contributed by atoms with Crippen molar-refractivity contribution in [3.63, 3.8) is 0 Å². The molecule has 1 aliphatic rings. The van der Waals surface area contributed by atoms with Crippen molar-refractivity contribution in [1.82, 2.24) is 24.9 Å². The molecule has 1 aliphatic carbocycles. The molecule has 0 saturated carbocycles. The number of aryl methyl sites for hydroxylation is 1. The second-order valence-electron chi connectivity index (χ2n) is 7.71. The lowest BCUT2D eigenvalue weighted by molar-refractivity contribution is -0.125. The van der Waals surface area contributed by atoms with Crippen LogP contribution in [-0.2, 0) is 22.4 Å². The summed E-state index contributed by atoms with van der Waals surface area (Å²) in [6.45, 7) is 1.06. The van der Waals surface area contributed by atoms with Crippen LogP contribution in [0.15, 0.2) is 30.9 Å². The Bertz CT molecular complexity index is 1280. The molecular weight excluding hydrogens is 428 g/mol. The first kappa shape index (κ1) is 20.7. The number of pyridine rings is 1. The van der Waals surface area contributed by atoms with Crippen molar-refractivity contribution in [2.24, 2.45) is 5.92 Å². The summed E-state index contributed by atoms with van der Waals surface area (Å²) in [6.07, 6.45) is 7.51. The van der Waals surface area contributed by atoms with Crippen LogP contribution >= 0.6 is 11.3 Å². The van der Waals surface area contributed by atoms with E-state index < -0.39 is 0 Å². The first-order valence-corrected chi connectivity index (χ1v) is 11.3. The number of fused-ring (bicyclic) bond motifs is 4. The van der Waals surface area contributed by atoms with Gasteiger partial charge in [0.25, 0.3) is 0 Å². The maximum Gasteiger partial charge on any atom is 0.223 e. The van der Waals surface area contributed by atoms with Gasteiger partial charge in [-0.1, -0.05) is 0 Å². The molecule has 2 N–H and O–H groups in total. The summed E-state index contributed by atoms with van der Waals surface area (Å²) in [6, 6.07) is 3.92. The fourth-order valence-electron chi connectivity index (χ4n) is 4.18. The number of ether oxygens (including phenoxy) is 2. The molecule has 1 unspecified atom stereocenters. The summed E-state index contributed by atoms with van der Waals surface area (Å²) in [5.41, 5.74) is 3.00. The van der Waals surface area contributed by atoms with E-state index in [9.17, 15) is 4.79 Å². The van der Waals surface area contributed by atoms with Gasteiger partial charge < -0.3 is 20.1 Å². The zero-order valence-electron chi connectivity index (χ0n) is 17.9. The number of rotatable bonds is 7. The maximum atomic E-state index is 12.5. The molecule has 0 saturated heterocycles. The van der Waals surface area contributed by atoms with Gasteiger partial charge in [-0.2, -0.15) is 5.10 Å². The van der Waals surface area contributed by atoms with E-state index in [1.54, 1.807) is 42.6 Å². The van der Waals surface area contributed by atoms with Crippen molar-refractivity contribution in [3.8, 4) is 5.75 Å².